The highest BCUT2D eigenvalue weighted by Gasteiger charge is 2.11. The Morgan fingerprint density at radius 1 is 1.56 bits per heavy atom. The van der Waals surface area contributed by atoms with Crippen molar-refractivity contribution < 1.29 is 13.9 Å². The van der Waals surface area contributed by atoms with E-state index in [4.69, 9.17) is 9.15 Å². The van der Waals surface area contributed by atoms with Crippen LogP contribution in [0, 0.1) is 13.8 Å². The number of nitrogens with one attached hydrogen (secondary N) is 1. The van der Waals surface area contributed by atoms with Gasteiger partial charge in [-0.25, -0.2) is 4.79 Å². The van der Waals surface area contributed by atoms with Gasteiger partial charge in [-0.15, -0.1) is 0 Å². The van der Waals surface area contributed by atoms with Crippen LogP contribution in [0.4, 0.5) is 0 Å². The first-order valence-electron chi connectivity index (χ1n) is 4.89. The molecule has 2 aromatic rings. The van der Waals surface area contributed by atoms with Gasteiger partial charge in [0.2, 0.25) is 0 Å². The summed E-state index contributed by atoms with van der Waals surface area (Å²) in [5.74, 6) is 0.316. The lowest BCUT2D eigenvalue weighted by atomic mass is 10.3. The summed E-state index contributed by atoms with van der Waals surface area (Å²) >= 11 is 0. The van der Waals surface area contributed by atoms with Crippen LogP contribution < -0.4 is 0 Å². The summed E-state index contributed by atoms with van der Waals surface area (Å²) in [6.45, 7) is 3.85. The maximum atomic E-state index is 11.5. The smallest absolute Gasteiger partial charge is 0.359 e. The first kappa shape index (κ1) is 10.5. The highest BCUT2D eigenvalue weighted by Crippen LogP contribution is 2.11. The van der Waals surface area contributed by atoms with Crippen molar-refractivity contribution in [1.29, 1.82) is 0 Å². The monoisotopic (exact) mass is 220 g/mol. The van der Waals surface area contributed by atoms with Crippen LogP contribution in [0.15, 0.2) is 22.8 Å². The summed E-state index contributed by atoms with van der Waals surface area (Å²) in [4.78, 5) is 11.5. The van der Waals surface area contributed by atoms with E-state index in [-0.39, 0.29) is 6.61 Å². The van der Waals surface area contributed by atoms with Gasteiger partial charge in [-0.2, -0.15) is 5.10 Å². The fourth-order valence-electron chi connectivity index (χ4n) is 1.30. The third-order valence-corrected chi connectivity index (χ3v) is 2.24. The minimum Gasteiger partial charge on any atom is -0.469 e. The van der Waals surface area contributed by atoms with Crippen LogP contribution in [0.5, 0.6) is 0 Å². The molecule has 0 aromatic carbocycles. The molecule has 0 saturated heterocycles. The number of rotatable bonds is 3. The van der Waals surface area contributed by atoms with Gasteiger partial charge in [0.05, 0.1) is 6.26 Å². The predicted molar refractivity (Wildman–Crippen MR) is 55.9 cm³/mol. The van der Waals surface area contributed by atoms with Gasteiger partial charge >= 0.3 is 5.97 Å². The molecule has 5 heteroatoms. The summed E-state index contributed by atoms with van der Waals surface area (Å²) in [6.07, 6.45) is 1.57. The number of aromatic nitrogens is 2. The zero-order valence-corrected chi connectivity index (χ0v) is 9.11. The lowest BCUT2D eigenvalue weighted by Crippen LogP contribution is -2.05. The third kappa shape index (κ3) is 2.13. The summed E-state index contributed by atoms with van der Waals surface area (Å²) in [5, 5.41) is 6.50. The van der Waals surface area contributed by atoms with E-state index in [0.717, 1.165) is 17.0 Å². The van der Waals surface area contributed by atoms with Crippen molar-refractivity contribution in [1.82, 2.24) is 10.2 Å². The lowest BCUT2D eigenvalue weighted by Gasteiger charge is -2.00. The number of hydrogen-bond acceptors (Lipinski definition) is 4. The second kappa shape index (κ2) is 4.22. The summed E-state index contributed by atoms with van der Waals surface area (Å²) in [6, 6.07) is 3.42. The molecule has 1 N–H and O–H groups in total. The van der Waals surface area contributed by atoms with Crippen molar-refractivity contribution in [3.8, 4) is 0 Å². The van der Waals surface area contributed by atoms with E-state index < -0.39 is 5.97 Å². The Hall–Kier alpha value is -2.04. The third-order valence-electron chi connectivity index (χ3n) is 2.24. The zero-order chi connectivity index (χ0) is 11.5. The van der Waals surface area contributed by atoms with Crippen LogP contribution in [0.2, 0.25) is 0 Å². The number of aromatic amines is 1. The van der Waals surface area contributed by atoms with Gasteiger partial charge < -0.3 is 9.15 Å². The highest BCUT2D eigenvalue weighted by atomic mass is 16.5. The number of nitrogens with zero attached hydrogens (tertiary/aromatic N) is 1. The van der Waals surface area contributed by atoms with Gasteiger partial charge in [-0.1, -0.05) is 0 Å². The second-order valence-electron chi connectivity index (χ2n) is 3.51. The van der Waals surface area contributed by atoms with Gasteiger partial charge in [0, 0.05) is 11.3 Å². The summed E-state index contributed by atoms with van der Waals surface area (Å²) < 4.78 is 10.2. The molecule has 0 saturated carbocycles. The molecule has 84 valence electrons. The first-order valence-corrected chi connectivity index (χ1v) is 4.89. The Morgan fingerprint density at radius 3 is 2.94 bits per heavy atom. The molecular weight excluding hydrogens is 208 g/mol. The molecular formula is C11H12N2O3. The molecule has 2 aromatic heterocycles. The number of carbonyl (C=O) groups is 1. The zero-order valence-electron chi connectivity index (χ0n) is 9.11. The van der Waals surface area contributed by atoms with Crippen molar-refractivity contribution in [3.05, 3.63) is 41.1 Å². The number of esters is 1. The Bertz CT molecular complexity index is 499. The largest absolute Gasteiger partial charge is 0.469 e. The van der Waals surface area contributed by atoms with Gasteiger partial charge in [-0.05, 0) is 26.0 Å². The lowest BCUT2D eigenvalue weighted by molar-refractivity contribution is 0.0464. The minimum atomic E-state index is -0.440. The van der Waals surface area contributed by atoms with Crippen LogP contribution in [0.25, 0.3) is 0 Å². The quantitative estimate of drug-likeness (QED) is 0.803. The molecule has 0 unspecified atom stereocenters. The minimum absolute atomic E-state index is 0.201. The topological polar surface area (TPSA) is 68.1 Å². The molecule has 2 rings (SSSR count). The molecule has 0 radical (unpaired) electrons. The Labute approximate surface area is 92.4 Å². The van der Waals surface area contributed by atoms with E-state index in [2.05, 4.69) is 10.2 Å². The Kier molecular flexibility index (Phi) is 2.76. The number of aryl methyl sites for hydroxylation is 2. The molecule has 0 fully saturated rings. The number of ether oxygens (including phenoxy) is 1. The number of furan rings is 1. The molecule has 5 nitrogen and oxygen atoms in total. The van der Waals surface area contributed by atoms with E-state index in [0.29, 0.717) is 5.69 Å². The van der Waals surface area contributed by atoms with Crippen LogP contribution in [-0.2, 0) is 11.3 Å². The highest BCUT2D eigenvalue weighted by molar-refractivity contribution is 5.87. The molecule has 0 amide bonds. The van der Waals surface area contributed by atoms with Crippen LogP contribution >= 0.6 is 0 Å². The number of carbonyl (C=O) groups excluding carboxylic acids is 1. The van der Waals surface area contributed by atoms with E-state index >= 15 is 0 Å². The number of hydrogen-bond donors (Lipinski definition) is 1. The maximum absolute atomic E-state index is 11.5. The average Bonchev–Trinajstić information content (AvgIpc) is 2.84. The SMILES string of the molecule is Cc1cc(C(=O)OCc2ccoc2C)n[nH]1. The maximum Gasteiger partial charge on any atom is 0.359 e. The van der Waals surface area contributed by atoms with E-state index in [9.17, 15) is 4.79 Å². The molecule has 0 aliphatic heterocycles. The fourth-order valence-corrected chi connectivity index (χ4v) is 1.30. The first-order chi connectivity index (χ1) is 7.66. The van der Waals surface area contributed by atoms with E-state index in [1.165, 1.54) is 0 Å². The van der Waals surface area contributed by atoms with E-state index in [1.54, 1.807) is 18.4 Å². The molecule has 0 atom stereocenters. The molecule has 0 spiro atoms. The molecule has 16 heavy (non-hydrogen) atoms. The van der Waals surface area contributed by atoms with Crippen molar-refractivity contribution in [3.63, 3.8) is 0 Å². The van der Waals surface area contributed by atoms with Crippen LogP contribution in [0.1, 0.15) is 27.5 Å². The standard InChI is InChI=1S/C11H12N2O3/c1-7-5-10(13-12-7)11(14)16-6-9-3-4-15-8(9)2/h3-5H,6H2,1-2H3,(H,12,13). The normalized spacial score (nSPS) is 10.4. The Balaban J connectivity index is 1.96. The van der Waals surface area contributed by atoms with Gasteiger partial charge in [-0.3, -0.25) is 5.10 Å². The van der Waals surface area contributed by atoms with E-state index in [1.807, 2.05) is 13.8 Å². The van der Waals surface area contributed by atoms with Crippen LogP contribution in [0.3, 0.4) is 0 Å². The second-order valence-corrected chi connectivity index (χ2v) is 3.51. The van der Waals surface area contributed by atoms with Crippen molar-refractivity contribution in [2.45, 2.75) is 20.5 Å². The summed E-state index contributed by atoms with van der Waals surface area (Å²) in [7, 11) is 0. The van der Waals surface area contributed by atoms with Crippen molar-refractivity contribution >= 4 is 5.97 Å². The fraction of sp³-hybridized carbons (Fsp3) is 0.273. The molecule has 2 heterocycles. The molecule has 0 aliphatic rings. The summed E-state index contributed by atoms with van der Waals surface area (Å²) in [5.41, 5.74) is 1.98. The predicted octanol–water partition coefficient (Wildman–Crippen LogP) is 1.98. The van der Waals surface area contributed by atoms with Gasteiger partial charge in [0.15, 0.2) is 5.69 Å². The Morgan fingerprint density at radius 2 is 2.38 bits per heavy atom. The average molecular weight is 220 g/mol. The molecule has 0 bridgehead atoms. The van der Waals surface area contributed by atoms with Crippen LogP contribution in [-0.4, -0.2) is 16.2 Å². The van der Waals surface area contributed by atoms with Crippen molar-refractivity contribution in [2.24, 2.45) is 0 Å². The molecule has 0 aliphatic carbocycles. The van der Waals surface area contributed by atoms with Gasteiger partial charge in [0.1, 0.15) is 12.4 Å². The van der Waals surface area contributed by atoms with Gasteiger partial charge in [0.25, 0.3) is 0 Å². The van der Waals surface area contributed by atoms with Crippen molar-refractivity contribution in [2.75, 3.05) is 0 Å². The number of H-pyrrole nitrogens is 1.